The maximum Gasteiger partial charge on any atom is 0.326 e. The highest BCUT2D eigenvalue weighted by molar-refractivity contribution is 5.96. The normalized spacial score (nSPS) is 14.5. The van der Waals surface area contributed by atoms with E-state index in [1.54, 1.807) is 0 Å². The lowest BCUT2D eigenvalue weighted by Gasteiger charge is -2.25. The summed E-state index contributed by atoms with van der Waals surface area (Å²) in [5, 5.41) is 16.8. The molecule has 0 bridgehead atoms. The van der Waals surface area contributed by atoms with E-state index in [0.717, 1.165) is 0 Å². The highest BCUT2D eigenvalue weighted by Crippen LogP contribution is 2.07. The van der Waals surface area contributed by atoms with Gasteiger partial charge in [0.1, 0.15) is 18.1 Å². The number of nitrogens with one attached hydrogen (secondary N) is 3. The molecule has 0 aliphatic rings. The first-order valence-corrected chi connectivity index (χ1v) is 12.0. The second-order valence-corrected chi connectivity index (χ2v) is 9.00. The summed E-state index contributed by atoms with van der Waals surface area (Å²) >= 11 is 0. The minimum atomic E-state index is -1.34. The molecule has 13 heteroatoms. The number of carboxylic acid groups (broad SMARTS) is 1. The molecule has 13 nitrogen and oxygen atoms in total. The summed E-state index contributed by atoms with van der Waals surface area (Å²) in [4.78, 5) is 61.3. The van der Waals surface area contributed by atoms with Gasteiger partial charge in [-0.05, 0) is 64.0 Å². The van der Waals surface area contributed by atoms with Crippen molar-refractivity contribution in [1.29, 1.82) is 0 Å². The lowest BCUT2D eigenvalue weighted by atomic mass is 10.0. The van der Waals surface area contributed by atoms with Crippen molar-refractivity contribution in [3.8, 4) is 0 Å². The smallest absolute Gasteiger partial charge is 0.326 e. The molecule has 0 aromatic carbocycles. The molecule has 0 heterocycles. The van der Waals surface area contributed by atoms with E-state index in [0.29, 0.717) is 45.2 Å². The first-order chi connectivity index (χ1) is 16.4. The number of carbonyl (C=O) groups is 5. The quantitative estimate of drug-likeness (QED) is 0.0913. The van der Waals surface area contributed by atoms with Gasteiger partial charge in [-0.2, -0.15) is 0 Å². The van der Waals surface area contributed by atoms with Crippen molar-refractivity contribution in [2.45, 2.75) is 89.4 Å². The van der Waals surface area contributed by atoms with Gasteiger partial charge in [-0.3, -0.25) is 19.2 Å². The number of unbranched alkanes of at least 4 members (excludes halogenated alkanes) is 2. The zero-order chi connectivity index (χ0) is 27.0. The van der Waals surface area contributed by atoms with Gasteiger partial charge in [0, 0.05) is 0 Å². The van der Waals surface area contributed by atoms with Crippen molar-refractivity contribution >= 4 is 29.6 Å². The van der Waals surface area contributed by atoms with Crippen LogP contribution in [0.2, 0.25) is 0 Å². The second kappa shape index (κ2) is 17.6. The molecule has 0 radical (unpaired) electrons. The van der Waals surface area contributed by atoms with Gasteiger partial charge < -0.3 is 44.0 Å². The molecule has 0 fully saturated rings. The van der Waals surface area contributed by atoms with E-state index in [1.165, 1.54) is 0 Å². The van der Waals surface area contributed by atoms with Gasteiger partial charge in [0.25, 0.3) is 0 Å². The molecule has 4 unspecified atom stereocenters. The topological polar surface area (TPSA) is 246 Å². The summed E-state index contributed by atoms with van der Waals surface area (Å²) in [6.45, 7) is 4.52. The summed E-state index contributed by atoms with van der Waals surface area (Å²) in [5.74, 6) is -4.05. The standard InChI is InChI=1S/C22H43N7O6/c1-13(2)11-14(25)19(31)29-17(12-18(26)30)21(33)27-15(7-3-5-9-23)20(32)28-16(22(34)35)8-4-6-10-24/h13-17H,3-12,23-25H2,1-2H3,(H2,26,30)(H,27,33)(H,28,32)(H,29,31)(H,34,35). The molecule has 0 saturated heterocycles. The lowest BCUT2D eigenvalue weighted by Crippen LogP contribution is -2.57. The van der Waals surface area contributed by atoms with Crippen molar-refractivity contribution in [3.05, 3.63) is 0 Å². The average molecular weight is 502 g/mol. The van der Waals surface area contributed by atoms with Crippen LogP contribution in [-0.2, 0) is 24.0 Å². The Bertz CT molecular complexity index is 704. The first kappa shape index (κ1) is 32.2. The summed E-state index contributed by atoms with van der Waals surface area (Å²) in [7, 11) is 0. The van der Waals surface area contributed by atoms with Crippen molar-refractivity contribution in [2.75, 3.05) is 13.1 Å². The molecule has 0 aromatic heterocycles. The van der Waals surface area contributed by atoms with Gasteiger partial charge in [0.05, 0.1) is 12.5 Å². The average Bonchev–Trinajstić information content (AvgIpc) is 2.76. The fourth-order valence-corrected chi connectivity index (χ4v) is 3.36. The van der Waals surface area contributed by atoms with Crippen molar-refractivity contribution in [3.63, 3.8) is 0 Å². The summed E-state index contributed by atoms with van der Waals surface area (Å²) in [5.41, 5.74) is 22.1. The Kier molecular flexibility index (Phi) is 16.2. The Morgan fingerprint density at radius 2 is 1.20 bits per heavy atom. The van der Waals surface area contributed by atoms with Crippen LogP contribution in [0, 0.1) is 5.92 Å². The predicted octanol–water partition coefficient (Wildman–Crippen LogP) is -1.97. The Morgan fingerprint density at radius 1 is 0.743 bits per heavy atom. The molecule has 0 aliphatic carbocycles. The van der Waals surface area contributed by atoms with E-state index >= 15 is 0 Å². The summed E-state index contributed by atoms with van der Waals surface area (Å²) in [6.07, 6.45) is 2.37. The van der Waals surface area contributed by atoms with Crippen LogP contribution in [0.15, 0.2) is 0 Å². The van der Waals surface area contributed by atoms with Crippen molar-refractivity contribution in [1.82, 2.24) is 16.0 Å². The fraction of sp³-hybridized carbons (Fsp3) is 0.773. The summed E-state index contributed by atoms with van der Waals surface area (Å²) in [6, 6.07) is -4.50. The molecule has 0 rings (SSSR count). The van der Waals surface area contributed by atoms with Crippen LogP contribution in [0.25, 0.3) is 0 Å². The van der Waals surface area contributed by atoms with Crippen molar-refractivity contribution < 1.29 is 29.1 Å². The van der Waals surface area contributed by atoms with E-state index in [-0.39, 0.29) is 18.8 Å². The molecule has 202 valence electrons. The largest absolute Gasteiger partial charge is 0.480 e. The number of primary amides is 1. The van der Waals surface area contributed by atoms with E-state index in [9.17, 15) is 29.1 Å². The van der Waals surface area contributed by atoms with Crippen LogP contribution in [0.3, 0.4) is 0 Å². The number of amides is 4. The van der Waals surface area contributed by atoms with Crippen molar-refractivity contribution in [2.24, 2.45) is 28.9 Å². The van der Waals surface area contributed by atoms with Gasteiger partial charge in [-0.15, -0.1) is 0 Å². The predicted molar refractivity (Wildman–Crippen MR) is 130 cm³/mol. The third-order valence-corrected chi connectivity index (χ3v) is 5.24. The number of carbonyl (C=O) groups excluding carboxylic acids is 4. The highest BCUT2D eigenvalue weighted by Gasteiger charge is 2.31. The molecule has 0 aliphatic heterocycles. The van der Waals surface area contributed by atoms with Crippen LogP contribution in [0.4, 0.5) is 0 Å². The zero-order valence-electron chi connectivity index (χ0n) is 20.8. The minimum absolute atomic E-state index is 0.127. The number of aliphatic carboxylic acids is 1. The molecule has 0 aromatic rings. The third kappa shape index (κ3) is 14.3. The monoisotopic (exact) mass is 501 g/mol. The van der Waals surface area contributed by atoms with Gasteiger partial charge in [0.2, 0.25) is 23.6 Å². The molecular formula is C22H43N7O6. The van der Waals surface area contributed by atoms with Crippen LogP contribution in [0.5, 0.6) is 0 Å². The van der Waals surface area contributed by atoms with Gasteiger partial charge in [0.15, 0.2) is 0 Å². The van der Waals surface area contributed by atoms with Gasteiger partial charge in [-0.25, -0.2) is 4.79 Å². The van der Waals surface area contributed by atoms with Gasteiger partial charge in [-0.1, -0.05) is 13.8 Å². The third-order valence-electron chi connectivity index (χ3n) is 5.24. The zero-order valence-corrected chi connectivity index (χ0v) is 20.8. The van der Waals surface area contributed by atoms with E-state index in [2.05, 4.69) is 16.0 Å². The maximum atomic E-state index is 12.9. The van der Waals surface area contributed by atoms with Gasteiger partial charge >= 0.3 is 5.97 Å². The second-order valence-electron chi connectivity index (χ2n) is 9.00. The van der Waals surface area contributed by atoms with Crippen LogP contribution < -0.4 is 38.9 Å². The molecule has 35 heavy (non-hydrogen) atoms. The highest BCUT2D eigenvalue weighted by atomic mass is 16.4. The van der Waals surface area contributed by atoms with Crippen LogP contribution in [0.1, 0.15) is 65.2 Å². The first-order valence-electron chi connectivity index (χ1n) is 12.0. The van der Waals surface area contributed by atoms with E-state index < -0.39 is 60.2 Å². The Labute approximate surface area is 206 Å². The van der Waals surface area contributed by atoms with Crippen LogP contribution in [-0.4, -0.2) is 72.0 Å². The molecule has 0 saturated carbocycles. The Hall–Kier alpha value is -2.77. The van der Waals surface area contributed by atoms with E-state index in [4.69, 9.17) is 22.9 Å². The number of nitrogens with two attached hydrogens (primary N) is 4. The Morgan fingerprint density at radius 3 is 1.66 bits per heavy atom. The fourth-order valence-electron chi connectivity index (χ4n) is 3.36. The number of carboxylic acids is 1. The van der Waals surface area contributed by atoms with Crippen LogP contribution >= 0.6 is 0 Å². The molecule has 0 spiro atoms. The lowest BCUT2D eigenvalue weighted by molar-refractivity contribution is -0.142. The summed E-state index contributed by atoms with van der Waals surface area (Å²) < 4.78 is 0. The SMILES string of the molecule is CC(C)CC(N)C(=O)NC(CC(N)=O)C(=O)NC(CCCCN)C(=O)NC(CCCCN)C(=O)O. The molecule has 12 N–H and O–H groups in total. The molecule has 4 amide bonds. The number of hydrogen-bond donors (Lipinski definition) is 8. The molecule has 4 atom stereocenters. The number of rotatable bonds is 19. The minimum Gasteiger partial charge on any atom is -0.480 e. The number of hydrogen-bond acceptors (Lipinski definition) is 8. The molecular weight excluding hydrogens is 458 g/mol. The Balaban J connectivity index is 5.48. The van der Waals surface area contributed by atoms with E-state index in [1.807, 2.05) is 13.8 Å². The maximum absolute atomic E-state index is 12.9.